The molecular weight excluding hydrogens is 260 g/mol. The van der Waals surface area contributed by atoms with Crippen LogP contribution in [0.1, 0.15) is 52.0 Å². The smallest absolute Gasteiger partial charge is 0.261 e. The molecule has 1 aromatic heterocycles. The minimum Gasteiger partial charge on any atom is -0.296 e. The quantitative estimate of drug-likeness (QED) is 0.805. The molecule has 0 saturated heterocycles. The van der Waals surface area contributed by atoms with Crippen molar-refractivity contribution in [2.24, 2.45) is 0 Å². The van der Waals surface area contributed by atoms with E-state index in [4.69, 9.17) is 0 Å². The number of benzene rings is 1. The molecule has 0 spiro atoms. The SMILES string of the molecule is C/C=c1/ccc2c(=O)n(C3CCCCC3)cnc2/c1=C/C. The third-order valence-corrected chi connectivity index (χ3v) is 4.59. The molecule has 0 atom stereocenters. The first-order chi connectivity index (χ1) is 10.3. The molecule has 3 rings (SSSR count). The third kappa shape index (κ3) is 2.41. The fourth-order valence-electron chi connectivity index (χ4n) is 3.42. The van der Waals surface area contributed by atoms with Crippen LogP contribution in [-0.2, 0) is 0 Å². The zero-order valence-corrected chi connectivity index (χ0v) is 12.8. The summed E-state index contributed by atoms with van der Waals surface area (Å²) >= 11 is 0. The van der Waals surface area contributed by atoms with Gasteiger partial charge in [-0.15, -0.1) is 0 Å². The van der Waals surface area contributed by atoms with E-state index < -0.39 is 0 Å². The Morgan fingerprint density at radius 1 is 1.14 bits per heavy atom. The summed E-state index contributed by atoms with van der Waals surface area (Å²) in [5.74, 6) is 0. The monoisotopic (exact) mass is 282 g/mol. The maximum absolute atomic E-state index is 12.8. The lowest BCUT2D eigenvalue weighted by Crippen LogP contribution is -2.31. The van der Waals surface area contributed by atoms with Gasteiger partial charge in [-0.3, -0.25) is 9.36 Å². The van der Waals surface area contributed by atoms with Gasteiger partial charge in [-0.1, -0.05) is 37.5 Å². The summed E-state index contributed by atoms with van der Waals surface area (Å²) in [5.41, 5.74) is 0.933. The molecule has 0 N–H and O–H groups in total. The van der Waals surface area contributed by atoms with Gasteiger partial charge >= 0.3 is 0 Å². The van der Waals surface area contributed by atoms with E-state index in [1.54, 1.807) is 6.33 Å². The van der Waals surface area contributed by atoms with E-state index >= 15 is 0 Å². The summed E-state index contributed by atoms with van der Waals surface area (Å²) in [7, 11) is 0. The number of hydrogen-bond acceptors (Lipinski definition) is 2. The molecule has 1 heterocycles. The van der Waals surface area contributed by atoms with Crippen LogP contribution in [0.5, 0.6) is 0 Å². The van der Waals surface area contributed by atoms with Gasteiger partial charge in [-0.05, 0) is 38.0 Å². The second-order valence-corrected chi connectivity index (χ2v) is 5.79. The molecule has 0 unspecified atom stereocenters. The molecule has 1 aromatic carbocycles. The topological polar surface area (TPSA) is 34.9 Å². The standard InChI is InChI=1S/C18H22N2O/c1-3-13-10-11-16-17(15(13)4-2)19-12-20(18(16)21)14-8-6-5-7-9-14/h3-4,10-12,14H,5-9H2,1-2H3/b13-3-,15-4+. The highest BCUT2D eigenvalue weighted by atomic mass is 16.1. The van der Waals surface area contributed by atoms with Gasteiger partial charge < -0.3 is 0 Å². The van der Waals surface area contributed by atoms with Crippen LogP contribution in [0.4, 0.5) is 0 Å². The van der Waals surface area contributed by atoms with Gasteiger partial charge in [-0.25, -0.2) is 4.98 Å². The molecule has 1 fully saturated rings. The van der Waals surface area contributed by atoms with Crippen molar-refractivity contribution in [1.29, 1.82) is 0 Å². The Bertz CT molecular complexity index is 827. The van der Waals surface area contributed by atoms with E-state index in [1.807, 2.05) is 36.6 Å². The second kappa shape index (κ2) is 5.84. The van der Waals surface area contributed by atoms with Crippen LogP contribution >= 0.6 is 0 Å². The summed E-state index contributed by atoms with van der Waals surface area (Å²) in [6.07, 6.45) is 11.8. The first kappa shape index (κ1) is 14.1. The Hall–Kier alpha value is -1.90. The molecule has 1 saturated carbocycles. The Labute approximate surface area is 124 Å². The van der Waals surface area contributed by atoms with Crippen molar-refractivity contribution >= 4 is 23.1 Å². The molecule has 21 heavy (non-hydrogen) atoms. The van der Waals surface area contributed by atoms with Gasteiger partial charge in [0.25, 0.3) is 5.56 Å². The molecule has 2 aromatic rings. The number of rotatable bonds is 1. The zero-order chi connectivity index (χ0) is 14.8. The van der Waals surface area contributed by atoms with Crippen LogP contribution in [-0.4, -0.2) is 9.55 Å². The molecule has 1 aliphatic carbocycles. The van der Waals surface area contributed by atoms with Crippen LogP contribution in [0.15, 0.2) is 23.3 Å². The minimum atomic E-state index is 0.109. The summed E-state index contributed by atoms with van der Waals surface area (Å²) in [6.45, 7) is 4.01. The van der Waals surface area contributed by atoms with E-state index in [9.17, 15) is 4.79 Å². The van der Waals surface area contributed by atoms with Gasteiger partial charge in [0.1, 0.15) is 0 Å². The second-order valence-electron chi connectivity index (χ2n) is 5.79. The molecule has 3 heteroatoms. The normalized spacial score (nSPS) is 18.6. The number of aromatic nitrogens is 2. The van der Waals surface area contributed by atoms with Gasteiger partial charge in [-0.2, -0.15) is 0 Å². The molecule has 0 aliphatic heterocycles. The lowest BCUT2D eigenvalue weighted by molar-refractivity contribution is 0.345. The molecule has 110 valence electrons. The van der Waals surface area contributed by atoms with Crippen molar-refractivity contribution in [1.82, 2.24) is 9.55 Å². The van der Waals surface area contributed by atoms with Crippen molar-refractivity contribution in [3.05, 3.63) is 39.3 Å². The van der Waals surface area contributed by atoms with Crippen molar-refractivity contribution in [2.45, 2.75) is 52.0 Å². The summed E-state index contributed by atoms with van der Waals surface area (Å²) in [4.78, 5) is 17.4. The fourth-order valence-corrected chi connectivity index (χ4v) is 3.42. The van der Waals surface area contributed by atoms with Gasteiger partial charge in [0.2, 0.25) is 0 Å². The third-order valence-electron chi connectivity index (χ3n) is 4.59. The van der Waals surface area contributed by atoms with Crippen LogP contribution in [0.25, 0.3) is 23.1 Å². The maximum atomic E-state index is 12.8. The van der Waals surface area contributed by atoms with E-state index in [1.165, 1.54) is 19.3 Å². The van der Waals surface area contributed by atoms with Crippen molar-refractivity contribution in [3.8, 4) is 0 Å². The number of nitrogens with zero attached hydrogens (tertiary/aromatic N) is 2. The lowest BCUT2D eigenvalue weighted by Gasteiger charge is -2.23. The van der Waals surface area contributed by atoms with E-state index in [-0.39, 0.29) is 5.56 Å². The van der Waals surface area contributed by atoms with Crippen molar-refractivity contribution in [3.63, 3.8) is 0 Å². The Balaban J connectivity index is 2.25. The molecule has 0 amide bonds. The predicted octanol–water partition coefficient (Wildman–Crippen LogP) is 2.50. The molecule has 0 bridgehead atoms. The van der Waals surface area contributed by atoms with E-state index in [0.29, 0.717) is 6.04 Å². The van der Waals surface area contributed by atoms with E-state index in [2.05, 4.69) is 11.1 Å². The first-order valence-electron chi connectivity index (χ1n) is 7.89. The van der Waals surface area contributed by atoms with E-state index in [0.717, 1.165) is 34.2 Å². The molecule has 0 radical (unpaired) electrons. The fraction of sp³-hybridized carbons (Fsp3) is 0.444. The Morgan fingerprint density at radius 2 is 1.90 bits per heavy atom. The first-order valence-corrected chi connectivity index (χ1v) is 7.89. The zero-order valence-electron chi connectivity index (χ0n) is 12.8. The predicted molar refractivity (Wildman–Crippen MR) is 87.7 cm³/mol. The van der Waals surface area contributed by atoms with Gasteiger partial charge in [0, 0.05) is 11.3 Å². The Kier molecular flexibility index (Phi) is 3.91. The average Bonchev–Trinajstić information content (AvgIpc) is 2.55. The summed E-state index contributed by atoms with van der Waals surface area (Å²) in [5, 5.41) is 2.93. The summed E-state index contributed by atoms with van der Waals surface area (Å²) < 4.78 is 1.86. The summed E-state index contributed by atoms with van der Waals surface area (Å²) in [6, 6.07) is 4.27. The minimum absolute atomic E-state index is 0.109. The van der Waals surface area contributed by atoms with Crippen molar-refractivity contribution < 1.29 is 0 Å². The highest BCUT2D eigenvalue weighted by Crippen LogP contribution is 2.26. The van der Waals surface area contributed by atoms with Gasteiger partial charge in [0.15, 0.2) is 0 Å². The highest BCUT2D eigenvalue weighted by molar-refractivity contribution is 5.78. The lowest BCUT2D eigenvalue weighted by atomic mass is 9.95. The van der Waals surface area contributed by atoms with Crippen LogP contribution < -0.4 is 16.0 Å². The number of hydrogen-bond donors (Lipinski definition) is 0. The van der Waals surface area contributed by atoms with Crippen molar-refractivity contribution in [2.75, 3.05) is 0 Å². The highest BCUT2D eigenvalue weighted by Gasteiger charge is 2.17. The van der Waals surface area contributed by atoms with Crippen LogP contribution in [0.2, 0.25) is 0 Å². The van der Waals surface area contributed by atoms with Gasteiger partial charge in [0.05, 0.1) is 17.2 Å². The Morgan fingerprint density at radius 3 is 2.57 bits per heavy atom. The largest absolute Gasteiger partial charge is 0.296 e. The molecule has 1 aliphatic rings. The van der Waals surface area contributed by atoms with Crippen LogP contribution in [0, 0.1) is 0 Å². The molecule has 3 nitrogen and oxygen atoms in total. The number of fused-ring (bicyclic) bond motifs is 1. The maximum Gasteiger partial charge on any atom is 0.261 e. The average molecular weight is 282 g/mol. The molecular formula is C18H22N2O. The van der Waals surface area contributed by atoms with Crippen LogP contribution in [0.3, 0.4) is 0 Å².